The minimum absolute atomic E-state index is 0.211. The van der Waals surface area contributed by atoms with Crippen LogP contribution in [0.1, 0.15) is 49.3 Å². The molecule has 3 atom stereocenters. The first-order chi connectivity index (χ1) is 19.6. The maximum Gasteiger partial charge on any atom is 0.325 e. The highest BCUT2D eigenvalue weighted by Gasteiger charge is 2.39. The highest BCUT2D eigenvalue weighted by atomic mass is 16.6. The molecule has 0 saturated heterocycles. The first kappa shape index (κ1) is 33.4. The number of fused-ring (bicyclic) bond motifs is 1. The average molecular weight is 592 g/mol. The van der Waals surface area contributed by atoms with Gasteiger partial charge in [0.05, 0.1) is 24.7 Å². The fraction of sp³-hybridized carbons (Fsp3) is 0.481. The number of carbonyl (C=O) groups is 6. The Labute approximate surface area is 240 Å². The predicted molar refractivity (Wildman–Crippen MR) is 143 cm³/mol. The van der Waals surface area contributed by atoms with Crippen molar-refractivity contribution in [2.75, 3.05) is 20.3 Å². The van der Waals surface area contributed by atoms with Crippen molar-refractivity contribution in [1.29, 1.82) is 0 Å². The number of aryl methyl sites for hydroxylation is 2. The quantitative estimate of drug-likeness (QED) is 0.261. The summed E-state index contributed by atoms with van der Waals surface area (Å²) in [5.41, 5.74) is 0.464. The Morgan fingerprint density at radius 2 is 1.43 bits per heavy atom. The number of nitrogens with zero attached hydrogens (tertiary/aromatic N) is 2. The van der Waals surface area contributed by atoms with Gasteiger partial charge in [-0.15, -0.1) is 0 Å². The molecule has 15 nitrogen and oxygen atoms in total. The lowest BCUT2D eigenvalue weighted by atomic mass is 10.1. The van der Waals surface area contributed by atoms with Gasteiger partial charge in [0.25, 0.3) is 11.5 Å². The van der Waals surface area contributed by atoms with E-state index in [2.05, 4.69) is 15.0 Å². The monoisotopic (exact) mass is 591 g/mol. The molecule has 0 saturated carbocycles. The number of methoxy groups -OCH3 is 1. The van der Waals surface area contributed by atoms with Gasteiger partial charge < -0.3 is 33.6 Å². The number of aromatic nitrogens is 2. The molecule has 42 heavy (non-hydrogen) atoms. The van der Waals surface area contributed by atoms with Crippen molar-refractivity contribution >= 4 is 46.8 Å². The second kappa shape index (κ2) is 14.7. The smallest absolute Gasteiger partial charge is 0.325 e. The standard InChI is InChI=1S/C27H33N3O12/c1-13-8-19-20(9-14(13)2)30(27(37)24(29-19)26(36)28-10-23(35)38-7)11-21(40-16(4)32)25(42-18(6)34)22(41-17(5)33)12-39-15(3)31/h8-9,21-22,25H,10-12H2,1-7H3,(H,28,36)/t21-,22+,25-/m0/s1. The van der Waals surface area contributed by atoms with E-state index in [0.29, 0.717) is 0 Å². The van der Waals surface area contributed by atoms with Crippen molar-refractivity contribution in [2.45, 2.75) is 66.4 Å². The van der Waals surface area contributed by atoms with E-state index in [1.165, 1.54) is 0 Å². The van der Waals surface area contributed by atoms with Crippen LogP contribution < -0.4 is 10.9 Å². The Kier molecular flexibility index (Phi) is 11.7. The molecular weight excluding hydrogens is 558 g/mol. The number of hydrogen-bond donors (Lipinski definition) is 1. The summed E-state index contributed by atoms with van der Waals surface area (Å²) in [6.07, 6.45) is -4.51. The molecule has 0 spiro atoms. The zero-order valence-electron chi connectivity index (χ0n) is 24.3. The van der Waals surface area contributed by atoms with Crippen molar-refractivity contribution in [3.05, 3.63) is 39.3 Å². The van der Waals surface area contributed by atoms with E-state index in [4.69, 9.17) is 18.9 Å². The summed E-state index contributed by atoms with van der Waals surface area (Å²) >= 11 is 0. The maximum atomic E-state index is 13.7. The molecule has 228 valence electrons. The van der Waals surface area contributed by atoms with E-state index < -0.39 is 85.0 Å². The van der Waals surface area contributed by atoms with Crippen LogP contribution in [0, 0.1) is 13.8 Å². The topological polar surface area (TPSA) is 195 Å². The van der Waals surface area contributed by atoms with Crippen LogP contribution in [0.25, 0.3) is 11.0 Å². The van der Waals surface area contributed by atoms with E-state index in [1.807, 2.05) is 0 Å². The molecule has 0 aliphatic rings. The molecule has 1 heterocycles. The molecule has 0 radical (unpaired) electrons. The highest BCUT2D eigenvalue weighted by molar-refractivity contribution is 5.95. The number of nitrogens with one attached hydrogen (secondary N) is 1. The molecule has 0 unspecified atom stereocenters. The van der Waals surface area contributed by atoms with Crippen molar-refractivity contribution in [3.8, 4) is 0 Å². The number of ether oxygens (including phenoxy) is 5. The Hall–Kier alpha value is -4.82. The lowest BCUT2D eigenvalue weighted by Gasteiger charge is -2.32. The van der Waals surface area contributed by atoms with Crippen LogP contribution >= 0.6 is 0 Å². The van der Waals surface area contributed by atoms with Crippen LogP contribution in [0.2, 0.25) is 0 Å². The Balaban J connectivity index is 2.76. The Bertz CT molecular complexity index is 1450. The number of esters is 5. The fourth-order valence-electron chi connectivity index (χ4n) is 3.93. The molecule has 15 heteroatoms. The third-order valence-electron chi connectivity index (χ3n) is 5.88. The summed E-state index contributed by atoms with van der Waals surface area (Å²) < 4.78 is 26.7. The van der Waals surface area contributed by atoms with Gasteiger partial charge in [0.2, 0.25) is 0 Å². The zero-order chi connectivity index (χ0) is 31.7. The highest BCUT2D eigenvalue weighted by Crippen LogP contribution is 2.21. The first-order valence-electron chi connectivity index (χ1n) is 12.7. The molecule has 0 aliphatic carbocycles. The van der Waals surface area contributed by atoms with Crippen LogP contribution in [0.15, 0.2) is 16.9 Å². The van der Waals surface area contributed by atoms with Gasteiger partial charge in [-0.3, -0.25) is 33.6 Å². The summed E-state index contributed by atoms with van der Waals surface area (Å²) in [5, 5.41) is 2.26. The molecule has 1 aromatic heterocycles. The van der Waals surface area contributed by atoms with Gasteiger partial charge in [0.1, 0.15) is 13.2 Å². The van der Waals surface area contributed by atoms with E-state index in [1.54, 1.807) is 26.0 Å². The summed E-state index contributed by atoms with van der Waals surface area (Å²) in [6.45, 7) is 6.24. The van der Waals surface area contributed by atoms with E-state index in [9.17, 15) is 33.6 Å². The summed E-state index contributed by atoms with van der Waals surface area (Å²) in [4.78, 5) is 90.0. The van der Waals surface area contributed by atoms with Gasteiger partial charge in [-0.25, -0.2) is 4.98 Å². The number of amides is 1. The molecule has 2 aromatic rings. The minimum Gasteiger partial charge on any atom is -0.468 e. The van der Waals surface area contributed by atoms with Gasteiger partial charge in [0.15, 0.2) is 24.0 Å². The minimum atomic E-state index is -1.56. The van der Waals surface area contributed by atoms with E-state index in [-0.39, 0.29) is 11.0 Å². The van der Waals surface area contributed by atoms with E-state index >= 15 is 0 Å². The Morgan fingerprint density at radius 1 is 0.857 bits per heavy atom. The van der Waals surface area contributed by atoms with Gasteiger partial charge in [-0.05, 0) is 37.1 Å². The lowest BCUT2D eigenvalue weighted by molar-refractivity contribution is -0.190. The molecular formula is C27H33N3O12. The molecule has 2 rings (SSSR count). The van der Waals surface area contributed by atoms with Crippen LogP contribution in [-0.2, 0) is 54.2 Å². The van der Waals surface area contributed by atoms with Crippen LogP contribution in [0.4, 0.5) is 0 Å². The molecule has 0 aliphatic heterocycles. The van der Waals surface area contributed by atoms with Crippen molar-refractivity contribution in [2.24, 2.45) is 0 Å². The molecule has 0 bridgehead atoms. The van der Waals surface area contributed by atoms with E-state index in [0.717, 1.165) is 50.5 Å². The second-order valence-electron chi connectivity index (χ2n) is 9.23. The van der Waals surface area contributed by atoms with Gasteiger partial charge in [-0.2, -0.15) is 0 Å². The molecule has 1 aromatic carbocycles. The normalized spacial score (nSPS) is 12.8. The van der Waals surface area contributed by atoms with Crippen molar-refractivity contribution < 1.29 is 52.5 Å². The largest absolute Gasteiger partial charge is 0.468 e. The van der Waals surface area contributed by atoms with Crippen molar-refractivity contribution in [3.63, 3.8) is 0 Å². The van der Waals surface area contributed by atoms with Crippen LogP contribution in [-0.4, -0.2) is 83.9 Å². The predicted octanol–water partition coefficient (Wildman–Crippen LogP) is 0.274. The number of hydrogen-bond acceptors (Lipinski definition) is 13. The first-order valence-corrected chi connectivity index (χ1v) is 12.7. The fourth-order valence-corrected chi connectivity index (χ4v) is 3.93. The number of benzene rings is 1. The summed E-state index contributed by atoms with van der Waals surface area (Å²) in [7, 11) is 1.13. The average Bonchev–Trinajstić information content (AvgIpc) is 2.89. The maximum absolute atomic E-state index is 13.7. The van der Waals surface area contributed by atoms with Crippen LogP contribution in [0.5, 0.6) is 0 Å². The second-order valence-corrected chi connectivity index (χ2v) is 9.23. The summed E-state index contributed by atoms with van der Waals surface area (Å²) in [5.74, 6) is -5.01. The lowest BCUT2D eigenvalue weighted by Crippen LogP contribution is -2.50. The third-order valence-corrected chi connectivity index (χ3v) is 5.88. The number of carbonyl (C=O) groups excluding carboxylic acids is 6. The number of rotatable bonds is 12. The zero-order valence-corrected chi connectivity index (χ0v) is 24.3. The van der Waals surface area contributed by atoms with Gasteiger partial charge >= 0.3 is 29.8 Å². The Morgan fingerprint density at radius 3 is 1.98 bits per heavy atom. The van der Waals surface area contributed by atoms with Crippen molar-refractivity contribution in [1.82, 2.24) is 14.9 Å². The molecule has 1 N–H and O–H groups in total. The SMILES string of the molecule is COC(=O)CNC(=O)c1nc2cc(C)c(C)cc2n(C[C@H](OC(C)=O)[C@H](OC(C)=O)[C@@H](COC(C)=O)OC(C)=O)c1=O. The molecule has 0 fully saturated rings. The third kappa shape index (κ3) is 9.11. The van der Waals surface area contributed by atoms with Gasteiger partial charge in [0, 0.05) is 27.7 Å². The molecule has 1 amide bonds. The van der Waals surface area contributed by atoms with Gasteiger partial charge in [-0.1, -0.05) is 0 Å². The summed E-state index contributed by atoms with van der Waals surface area (Å²) in [6, 6.07) is 3.26. The van der Waals surface area contributed by atoms with Crippen LogP contribution in [0.3, 0.4) is 0 Å².